The molecule has 98 valence electrons. The Morgan fingerprint density at radius 3 is 2.21 bits per heavy atom. The van der Waals surface area contributed by atoms with Gasteiger partial charge in [0, 0.05) is 19.4 Å². The third-order valence-electron chi connectivity index (χ3n) is 2.71. The highest BCUT2D eigenvalue weighted by Crippen LogP contribution is 2.20. The van der Waals surface area contributed by atoms with Crippen molar-refractivity contribution in [2.24, 2.45) is 0 Å². The Kier molecular flexibility index (Phi) is 3.41. The van der Waals surface area contributed by atoms with E-state index in [0.717, 1.165) is 10.6 Å². The average molecular weight is 258 g/mol. The predicted molar refractivity (Wildman–Crippen MR) is 69.8 cm³/mol. The molecule has 2 amide bonds. The zero-order valence-electron chi connectivity index (χ0n) is 11.0. The Labute approximate surface area is 110 Å². The van der Waals surface area contributed by atoms with Gasteiger partial charge in [-0.15, -0.1) is 9.89 Å². The summed E-state index contributed by atoms with van der Waals surface area (Å²) in [6, 6.07) is 9.48. The van der Waals surface area contributed by atoms with E-state index in [1.165, 1.54) is 18.6 Å². The third-order valence-corrected chi connectivity index (χ3v) is 2.71. The number of carbonyl (C=O) groups excluding carboxylic acids is 2. The molecule has 0 fully saturated rings. The molecular formula is C13H14N4O2. The van der Waals surface area contributed by atoms with E-state index in [1.54, 1.807) is 6.92 Å². The molecule has 0 radical (unpaired) electrons. The van der Waals surface area contributed by atoms with Crippen molar-refractivity contribution in [3.63, 3.8) is 0 Å². The second-order valence-electron chi connectivity index (χ2n) is 4.13. The maximum atomic E-state index is 11.5. The van der Waals surface area contributed by atoms with Gasteiger partial charge in [-0.25, -0.2) is 0 Å². The number of carbonyl (C=O) groups is 2. The lowest BCUT2D eigenvalue weighted by molar-refractivity contribution is -0.127. The van der Waals surface area contributed by atoms with Gasteiger partial charge < -0.3 is 0 Å². The van der Waals surface area contributed by atoms with E-state index in [0.29, 0.717) is 11.4 Å². The second kappa shape index (κ2) is 5.01. The first-order valence-electron chi connectivity index (χ1n) is 5.81. The molecule has 0 spiro atoms. The Morgan fingerprint density at radius 2 is 1.68 bits per heavy atom. The molecule has 0 saturated heterocycles. The minimum atomic E-state index is -0.403. The maximum absolute atomic E-state index is 11.5. The molecule has 2 aromatic rings. The van der Waals surface area contributed by atoms with Gasteiger partial charge in [0.2, 0.25) is 11.8 Å². The number of hydrogen-bond donors (Lipinski definition) is 0. The summed E-state index contributed by atoms with van der Waals surface area (Å²) in [6.45, 7) is 4.39. The lowest BCUT2D eigenvalue weighted by atomic mass is 10.1. The van der Waals surface area contributed by atoms with Crippen LogP contribution in [0.4, 0.5) is 0 Å². The van der Waals surface area contributed by atoms with Crippen LogP contribution in [0.25, 0.3) is 11.3 Å². The number of imide groups is 1. The summed E-state index contributed by atoms with van der Waals surface area (Å²) >= 11 is 0. The van der Waals surface area contributed by atoms with Crippen molar-refractivity contribution in [3.05, 3.63) is 36.0 Å². The van der Waals surface area contributed by atoms with Crippen molar-refractivity contribution in [2.45, 2.75) is 20.8 Å². The molecule has 2 rings (SSSR count). The van der Waals surface area contributed by atoms with Crippen molar-refractivity contribution in [3.8, 4) is 11.3 Å². The van der Waals surface area contributed by atoms with Crippen LogP contribution in [-0.2, 0) is 9.59 Å². The van der Waals surface area contributed by atoms with Crippen molar-refractivity contribution in [1.82, 2.24) is 15.1 Å². The summed E-state index contributed by atoms with van der Waals surface area (Å²) in [7, 11) is 0. The van der Waals surface area contributed by atoms with Gasteiger partial charge in [-0.2, -0.15) is 5.01 Å². The first-order chi connectivity index (χ1) is 9.02. The Bertz CT molecular complexity index is 605. The molecule has 1 aromatic heterocycles. The molecule has 0 aliphatic carbocycles. The smallest absolute Gasteiger partial charge is 0.246 e. The number of hydrogen-bond acceptors (Lipinski definition) is 4. The SMILES string of the molecule is CC(=O)N(C(C)=O)n1nnc(-c2ccccc2)c1C. The van der Waals surface area contributed by atoms with E-state index in [9.17, 15) is 9.59 Å². The number of nitrogens with zero attached hydrogens (tertiary/aromatic N) is 4. The largest absolute Gasteiger partial charge is 0.273 e. The minimum absolute atomic E-state index is 0.403. The number of benzene rings is 1. The zero-order valence-corrected chi connectivity index (χ0v) is 11.0. The summed E-state index contributed by atoms with van der Waals surface area (Å²) in [5.41, 5.74) is 2.17. The number of rotatable bonds is 2. The van der Waals surface area contributed by atoms with E-state index >= 15 is 0 Å². The van der Waals surface area contributed by atoms with E-state index in [-0.39, 0.29) is 0 Å². The summed E-state index contributed by atoms with van der Waals surface area (Å²) in [5, 5.41) is 8.88. The summed E-state index contributed by atoms with van der Waals surface area (Å²) in [5.74, 6) is -0.805. The van der Waals surface area contributed by atoms with Crippen LogP contribution in [0.3, 0.4) is 0 Å². The van der Waals surface area contributed by atoms with Crippen molar-refractivity contribution >= 4 is 11.8 Å². The summed E-state index contributed by atoms with van der Waals surface area (Å²) < 4.78 is 0. The highest BCUT2D eigenvalue weighted by atomic mass is 16.2. The molecule has 0 atom stereocenters. The van der Waals surface area contributed by atoms with Crippen LogP contribution >= 0.6 is 0 Å². The number of amides is 2. The van der Waals surface area contributed by atoms with Crippen LogP contribution in [0.1, 0.15) is 19.5 Å². The maximum Gasteiger partial charge on any atom is 0.246 e. The monoisotopic (exact) mass is 258 g/mol. The Morgan fingerprint density at radius 1 is 1.11 bits per heavy atom. The van der Waals surface area contributed by atoms with Crippen molar-refractivity contribution in [1.29, 1.82) is 0 Å². The fraction of sp³-hybridized carbons (Fsp3) is 0.231. The van der Waals surface area contributed by atoms with Crippen LogP contribution in [0.2, 0.25) is 0 Å². The van der Waals surface area contributed by atoms with Crippen LogP contribution in [0.5, 0.6) is 0 Å². The van der Waals surface area contributed by atoms with Crippen molar-refractivity contribution in [2.75, 3.05) is 5.01 Å². The zero-order chi connectivity index (χ0) is 14.0. The lowest BCUT2D eigenvalue weighted by Crippen LogP contribution is -2.44. The highest BCUT2D eigenvalue weighted by Gasteiger charge is 2.21. The van der Waals surface area contributed by atoms with E-state index in [1.807, 2.05) is 30.3 Å². The molecule has 6 nitrogen and oxygen atoms in total. The third kappa shape index (κ3) is 2.37. The molecular weight excluding hydrogens is 244 g/mol. The van der Waals surface area contributed by atoms with Gasteiger partial charge in [0.15, 0.2) is 0 Å². The fourth-order valence-corrected chi connectivity index (χ4v) is 1.86. The second-order valence-corrected chi connectivity index (χ2v) is 4.13. The molecule has 6 heteroatoms. The van der Waals surface area contributed by atoms with E-state index in [4.69, 9.17) is 0 Å². The first-order valence-corrected chi connectivity index (χ1v) is 5.81. The fourth-order valence-electron chi connectivity index (χ4n) is 1.86. The molecule has 0 N–H and O–H groups in total. The molecule has 1 aromatic carbocycles. The van der Waals surface area contributed by atoms with Gasteiger partial charge in [-0.1, -0.05) is 30.3 Å². The van der Waals surface area contributed by atoms with Gasteiger partial charge in [0.1, 0.15) is 5.69 Å². The molecule has 0 unspecified atom stereocenters. The highest BCUT2D eigenvalue weighted by molar-refractivity contribution is 6.06. The van der Waals surface area contributed by atoms with Gasteiger partial charge in [0.05, 0.1) is 5.69 Å². The Hall–Kier alpha value is -2.50. The molecule has 0 aliphatic heterocycles. The summed E-state index contributed by atoms with van der Waals surface area (Å²) in [4.78, 5) is 24.2. The predicted octanol–water partition coefficient (Wildman–Crippen LogP) is 1.28. The van der Waals surface area contributed by atoms with E-state index in [2.05, 4.69) is 10.3 Å². The van der Waals surface area contributed by atoms with Crippen LogP contribution < -0.4 is 5.01 Å². The summed E-state index contributed by atoms with van der Waals surface area (Å²) in [6.07, 6.45) is 0. The molecule has 0 saturated carbocycles. The molecule has 1 heterocycles. The van der Waals surface area contributed by atoms with Gasteiger partial charge in [0.25, 0.3) is 0 Å². The molecule has 0 bridgehead atoms. The number of aromatic nitrogens is 3. The van der Waals surface area contributed by atoms with Crippen molar-refractivity contribution < 1.29 is 9.59 Å². The van der Waals surface area contributed by atoms with Gasteiger partial charge in [-0.05, 0) is 12.1 Å². The van der Waals surface area contributed by atoms with Gasteiger partial charge in [-0.3, -0.25) is 9.59 Å². The van der Waals surface area contributed by atoms with Gasteiger partial charge >= 0.3 is 0 Å². The van der Waals surface area contributed by atoms with E-state index < -0.39 is 11.8 Å². The average Bonchev–Trinajstić information content (AvgIpc) is 2.72. The first kappa shape index (κ1) is 12.9. The van der Waals surface area contributed by atoms with Crippen LogP contribution in [0.15, 0.2) is 30.3 Å². The Balaban J connectivity index is 2.49. The van der Waals surface area contributed by atoms with Crippen LogP contribution in [-0.4, -0.2) is 26.9 Å². The molecule has 19 heavy (non-hydrogen) atoms. The van der Waals surface area contributed by atoms with Crippen LogP contribution in [0, 0.1) is 6.92 Å². The topological polar surface area (TPSA) is 68.1 Å². The quantitative estimate of drug-likeness (QED) is 0.813. The standard InChI is InChI=1S/C13H14N4O2/c1-9-13(12-7-5-4-6-8-12)14-15-17(9)16(10(2)18)11(3)19/h4-8H,1-3H3. The minimum Gasteiger partial charge on any atom is -0.273 e. The lowest BCUT2D eigenvalue weighted by Gasteiger charge is -2.17. The normalized spacial score (nSPS) is 10.3. The molecule has 0 aliphatic rings.